The number of carbonyl (C=O) groups excluding carboxylic acids is 1. The van der Waals surface area contributed by atoms with E-state index in [1.807, 2.05) is 0 Å². The van der Waals surface area contributed by atoms with Gasteiger partial charge in [0.2, 0.25) is 0 Å². The van der Waals surface area contributed by atoms with Crippen molar-refractivity contribution in [2.75, 3.05) is 13.2 Å². The lowest BCUT2D eigenvalue weighted by Crippen LogP contribution is -2.44. The van der Waals surface area contributed by atoms with Gasteiger partial charge in [0.15, 0.2) is 5.79 Å². The van der Waals surface area contributed by atoms with Crippen LogP contribution in [0.5, 0.6) is 0 Å². The number of hydrogen-bond donors (Lipinski definition) is 0. The molecule has 1 aliphatic carbocycles. The molecule has 0 aromatic rings. The normalized spacial score (nSPS) is 37.9. The van der Waals surface area contributed by atoms with Crippen molar-refractivity contribution in [3.8, 4) is 0 Å². The highest BCUT2D eigenvalue weighted by atomic mass is 16.7. The van der Waals surface area contributed by atoms with Gasteiger partial charge in [0.25, 0.3) is 0 Å². The molecule has 1 spiro atoms. The van der Waals surface area contributed by atoms with E-state index < -0.39 is 5.79 Å². The number of hydrogen-bond acceptors (Lipinski definition) is 3. The van der Waals surface area contributed by atoms with Crippen LogP contribution >= 0.6 is 0 Å². The van der Waals surface area contributed by atoms with Crippen molar-refractivity contribution in [2.45, 2.75) is 32.0 Å². The molecule has 2 aliphatic rings. The highest BCUT2D eigenvalue weighted by Crippen LogP contribution is 2.41. The number of ether oxygens (including phenoxy) is 2. The summed E-state index contributed by atoms with van der Waals surface area (Å²) < 4.78 is 11.2. The van der Waals surface area contributed by atoms with Crippen LogP contribution in [-0.2, 0) is 14.3 Å². The number of aldehydes is 1. The highest BCUT2D eigenvalue weighted by molar-refractivity contribution is 5.55. The lowest BCUT2D eigenvalue weighted by molar-refractivity contribution is -0.211. The topological polar surface area (TPSA) is 35.5 Å². The number of rotatable bonds is 1. The predicted octanol–water partition coefficient (Wildman–Crippen LogP) is 1.36. The summed E-state index contributed by atoms with van der Waals surface area (Å²) in [6, 6.07) is 0. The van der Waals surface area contributed by atoms with Crippen LogP contribution in [0.4, 0.5) is 0 Å². The molecule has 13 heavy (non-hydrogen) atoms. The first-order valence-corrected chi connectivity index (χ1v) is 5.00. The van der Waals surface area contributed by atoms with Gasteiger partial charge in [0, 0.05) is 6.42 Å². The monoisotopic (exact) mass is 184 g/mol. The molecule has 1 saturated heterocycles. The van der Waals surface area contributed by atoms with Crippen LogP contribution in [0.1, 0.15) is 26.2 Å². The van der Waals surface area contributed by atoms with Gasteiger partial charge in [-0.3, -0.25) is 0 Å². The Kier molecular flexibility index (Phi) is 2.39. The molecule has 1 aliphatic heterocycles. The molecule has 2 atom stereocenters. The van der Waals surface area contributed by atoms with E-state index in [0.717, 1.165) is 25.5 Å². The van der Waals surface area contributed by atoms with Gasteiger partial charge in [-0.1, -0.05) is 6.92 Å². The van der Waals surface area contributed by atoms with Gasteiger partial charge in [0.1, 0.15) is 6.29 Å². The first-order valence-electron chi connectivity index (χ1n) is 5.00. The van der Waals surface area contributed by atoms with E-state index >= 15 is 0 Å². The SMILES string of the molecule is CC1CCC2(OCCO2)C(C=O)C1. The van der Waals surface area contributed by atoms with Gasteiger partial charge in [-0.2, -0.15) is 0 Å². The summed E-state index contributed by atoms with van der Waals surface area (Å²) in [4.78, 5) is 10.9. The molecule has 2 fully saturated rings. The van der Waals surface area contributed by atoms with Crippen molar-refractivity contribution >= 4 is 6.29 Å². The molecule has 0 amide bonds. The Morgan fingerprint density at radius 1 is 1.38 bits per heavy atom. The van der Waals surface area contributed by atoms with Crippen LogP contribution in [0.2, 0.25) is 0 Å². The van der Waals surface area contributed by atoms with Crippen molar-refractivity contribution in [3.63, 3.8) is 0 Å². The molecular formula is C10H16O3. The van der Waals surface area contributed by atoms with Crippen molar-refractivity contribution < 1.29 is 14.3 Å². The molecule has 0 radical (unpaired) electrons. The Balaban J connectivity index is 2.12. The Labute approximate surface area is 78.4 Å². The Morgan fingerprint density at radius 2 is 2.08 bits per heavy atom. The standard InChI is InChI=1S/C10H16O3/c1-8-2-3-10(9(6-8)7-11)12-4-5-13-10/h7-9H,2-6H2,1H3. The lowest BCUT2D eigenvalue weighted by Gasteiger charge is -2.38. The van der Waals surface area contributed by atoms with Crippen LogP contribution in [0.15, 0.2) is 0 Å². The summed E-state index contributed by atoms with van der Waals surface area (Å²) in [5.74, 6) is 0.0150. The predicted molar refractivity (Wildman–Crippen MR) is 47.2 cm³/mol. The minimum Gasteiger partial charge on any atom is -0.347 e. The third-order valence-electron chi connectivity index (χ3n) is 3.15. The van der Waals surface area contributed by atoms with Crippen molar-refractivity contribution in [2.24, 2.45) is 11.8 Å². The maximum atomic E-state index is 10.9. The summed E-state index contributed by atoms with van der Waals surface area (Å²) in [6.07, 6.45) is 3.88. The fourth-order valence-electron chi connectivity index (χ4n) is 2.35. The molecule has 1 heterocycles. The van der Waals surface area contributed by atoms with E-state index in [0.29, 0.717) is 19.1 Å². The average Bonchev–Trinajstić information content (AvgIpc) is 2.59. The molecule has 2 rings (SSSR count). The summed E-state index contributed by atoms with van der Waals surface area (Å²) in [7, 11) is 0. The van der Waals surface area contributed by atoms with Crippen LogP contribution in [0, 0.1) is 11.8 Å². The van der Waals surface area contributed by atoms with Gasteiger partial charge in [-0.05, 0) is 18.8 Å². The smallest absolute Gasteiger partial charge is 0.177 e. The zero-order chi connectivity index (χ0) is 9.31. The van der Waals surface area contributed by atoms with E-state index in [4.69, 9.17) is 9.47 Å². The second kappa shape index (κ2) is 3.39. The van der Waals surface area contributed by atoms with Gasteiger partial charge >= 0.3 is 0 Å². The fourth-order valence-corrected chi connectivity index (χ4v) is 2.35. The van der Waals surface area contributed by atoms with Gasteiger partial charge in [-0.25, -0.2) is 0 Å². The maximum absolute atomic E-state index is 10.9. The zero-order valence-corrected chi connectivity index (χ0v) is 7.99. The first kappa shape index (κ1) is 9.16. The molecule has 0 aromatic carbocycles. The van der Waals surface area contributed by atoms with Crippen LogP contribution in [-0.4, -0.2) is 25.3 Å². The van der Waals surface area contributed by atoms with E-state index in [1.165, 1.54) is 0 Å². The molecule has 3 nitrogen and oxygen atoms in total. The van der Waals surface area contributed by atoms with Gasteiger partial charge in [-0.15, -0.1) is 0 Å². The summed E-state index contributed by atoms with van der Waals surface area (Å²) in [6.45, 7) is 3.45. The summed E-state index contributed by atoms with van der Waals surface area (Å²) >= 11 is 0. The molecule has 3 heteroatoms. The molecule has 1 saturated carbocycles. The molecular weight excluding hydrogens is 168 g/mol. The Morgan fingerprint density at radius 3 is 2.69 bits per heavy atom. The zero-order valence-electron chi connectivity index (χ0n) is 7.99. The third kappa shape index (κ3) is 1.51. The van der Waals surface area contributed by atoms with E-state index in [2.05, 4.69) is 6.92 Å². The van der Waals surface area contributed by atoms with Crippen LogP contribution in [0.3, 0.4) is 0 Å². The second-order valence-electron chi connectivity index (χ2n) is 4.13. The van der Waals surface area contributed by atoms with E-state index in [1.54, 1.807) is 0 Å². The number of carbonyl (C=O) groups is 1. The van der Waals surface area contributed by atoms with Crippen molar-refractivity contribution in [3.05, 3.63) is 0 Å². The Bertz CT molecular complexity index is 196. The molecule has 2 unspecified atom stereocenters. The fraction of sp³-hybridized carbons (Fsp3) is 0.900. The summed E-state index contributed by atoms with van der Waals surface area (Å²) in [5, 5.41) is 0. The quantitative estimate of drug-likeness (QED) is 0.577. The minimum absolute atomic E-state index is 0.0567. The van der Waals surface area contributed by atoms with Crippen molar-refractivity contribution in [1.29, 1.82) is 0 Å². The van der Waals surface area contributed by atoms with Gasteiger partial charge < -0.3 is 14.3 Å². The highest BCUT2D eigenvalue weighted by Gasteiger charge is 2.47. The molecule has 0 N–H and O–H groups in total. The lowest BCUT2D eigenvalue weighted by atomic mass is 9.78. The minimum atomic E-state index is -0.547. The van der Waals surface area contributed by atoms with Crippen LogP contribution in [0.25, 0.3) is 0 Å². The average molecular weight is 184 g/mol. The first-order chi connectivity index (χ1) is 6.27. The van der Waals surface area contributed by atoms with Crippen molar-refractivity contribution in [1.82, 2.24) is 0 Å². The van der Waals surface area contributed by atoms with Gasteiger partial charge in [0.05, 0.1) is 19.1 Å². The largest absolute Gasteiger partial charge is 0.347 e. The summed E-state index contributed by atoms with van der Waals surface area (Å²) in [5.41, 5.74) is 0. The molecule has 74 valence electrons. The second-order valence-corrected chi connectivity index (χ2v) is 4.13. The molecule has 0 aromatic heterocycles. The van der Waals surface area contributed by atoms with Crippen LogP contribution < -0.4 is 0 Å². The van der Waals surface area contributed by atoms with E-state index in [9.17, 15) is 4.79 Å². The van der Waals surface area contributed by atoms with E-state index in [-0.39, 0.29) is 5.92 Å². The molecule has 0 bridgehead atoms. The third-order valence-corrected chi connectivity index (χ3v) is 3.15. The Hall–Kier alpha value is -0.410. The maximum Gasteiger partial charge on any atom is 0.177 e.